The molecule has 8 nitrogen and oxygen atoms in total. The number of amides is 1. The Balaban J connectivity index is 0.00000261. The lowest BCUT2D eigenvalue weighted by molar-refractivity contribution is 0.0900. The third-order valence-corrected chi connectivity index (χ3v) is 4.63. The number of halogens is 1. The Morgan fingerprint density at radius 3 is 2.74 bits per heavy atom. The number of aromatic nitrogens is 4. The zero-order valence-electron chi connectivity index (χ0n) is 16.2. The van der Waals surface area contributed by atoms with Crippen LogP contribution in [0.15, 0.2) is 18.2 Å². The summed E-state index contributed by atoms with van der Waals surface area (Å²) in [6.45, 7) is 1.16. The van der Waals surface area contributed by atoms with E-state index >= 15 is 0 Å². The van der Waals surface area contributed by atoms with Gasteiger partial charge in [-0.1, -0.05) is 6.07 Å². The molecule has 0 spiro atoms. The average molecular weight is 395 g/mol. The van der Waals surface area contributed by atoms with E-state index in [9.17, 15) is 4.79 Å². The van der Waals surface area contributed by atoms with E-state index in [1.54, 1.807) is 13.2 Å². The highest BCUT2D eigenvalue weighted by atomic mass is 35.5. The lowest BCUT2D eigenvalue weighted by Gasteiger charge is -2.35. The fraction of sp³-hybridized carbons (Fsp3) is 0.556. The van der Waals surface area contributed by atoms with Crippen molar-refractivity contribution in [3.8, 4) is 0 Å². The summed E-state index contributed by atoms with van der Waals surface area (Å²) in [5.74, 6) is 2.14. The number of hydrogen-bond donors (Lipinski definition) is 1. The number of rotatable bonds is 7. The first kappa shape index (κ1) is 21.3. The summed E-state index contributed by atoms with van der Waals surface area (Å²) in [6.07, 6.45) is 1.74. The molecular weight excluding hydrogens is 368 g/mol. The van der Waals surface area contributed by atoms with Crippen LogP contribution >= 0.6 is 12.4 Å². The van der Waals surface area contributed by atoms with Gasteiger partial charge >= 0.3 is 0 Å². The van der Waals surface area contributed by atoms with Crippen LogP contribution in [0.1, 0.15) is 46.6 Å². The zero-order valence-corrected chi connectivity index (χ0v) is 17.0. The normalized spacial score (nSPS) is 18.7. The van der Waals surface area contributed by atoms with Crippen molar-refractivity contribution in [1.82, 2.24) is 30.0 Å². The van der Waals surface area contributed by atoms with Crippen LogP contribution in [0.4, 0.5) is 0 Å². The third-order valence-electron chi connectivity index (χ3n) is 4.63. The molecule has 0 aliphatic heterocycles. The van der Waals surface area contributed by atoms with Gasteiger partial charge in [-0.25, -0.2) is 4.98 Å². The standard InChI is InChI=1S/C18H26N6O2.ClH/c1-23(2)10-16-21-22-17(24(16)3)12-8-14(9-12)20-18(25)15-7-5-6-13(19-15)11-26-4;/h5-7,12,14H,8-11H2,1-4H3,(H,20,25);1H. The molecule has 1 saturated carbocycles. The maximum atomic E-state index is 12.4. The number of nitrogens with zero attached hydrogens (tertiary/aromatic N) is 5. The van der Waals surface area contributed by atoms with E-state index in [0.717, 1.165) is 36.7 Å². The maximum absolute atomic E-state index is 12.4. The first-order chi connectivity index (χ1) is 12.5. The van der Waals surface area contributed by atoms with E-state index in [2.05, 4.69) is 30.0 Å². The van der Waals surface area contributed by atoms with Crippen molar-refractivity contribution in [3.63, 3.8) is 0 Å². The highest BCUT2D eigenvalue weighted by Crippen LogP contribution is 2.36. The van der Waals surface area contributed by atoms with Crippen molar-refractivity contribution in [2.24, 2.45) is 7.05 Å². The Kier molecular flexibility index (Phi) is 7.29. The lowest BCUT2D eigenvalue weighted by atomic mass is 9.79. The predicted octanol–water partition coefficient (Wildman–Crippen LogP) is 1.52. The zero-order chi connectivity index (χ0) is 18.7. The molecule has 0 aromatic carbocycles. The van der Waals surface area contributed by atoms with Crippen LogP contribution in [0.25, 0.3) is 0 Å². The summed E-state index contributed by atoms with van der Waals surface area (Å²) in [7, 11) is 7.64. The summed E-state index contributed by atoms with van der Waals surface area (Å²) >= 11 is 0. The van der Waals surface area contributed by atoms with E-state index in [0.29, 0.717) is 18.2 Å². The molecule has 0 bridgehead atoms. The number of carbonyl (C=O) groups excluding carboxylic acids is 1. The first-order valence-electron chi connectivity index (χ1n) is 8.76. The number of methoxy groups -OCH3 is 1. The van der Waals surface area contributed by atoms with Gasteiger partial charge in [-0.05, 0) is 39.1 Å². The molecule has 27 heavy (non-hydrogen) atoms. The average Bonchev–Trinajstić information content (AvgIpc) is 2.91. The Hall–Kier alpha value is -2.03. The highest BCUT2D eigenvalue weighted by molar-refractivity contribution is 5.92. The van der Waals surface area contributed by atoms with E-state index in [1.165, 1.54) is 0 Å². The molecule has 0 atom stereocenters. The van der Waals surface area contributed by atoms with Gasteiger partial charge in [0.1, 0.15) is 17.3 Å². The fourth-order valence-corrected chi connectivity index (χ4v) is 3.19. The number of nitrogens with one attached hydrogen (secondary N) is 1. The maximum Gasteiger partial charge on any atom is 0.270 e. The summed E-state index contributed by atoms with van der Waals surface area (Å²) in [4.78, 5) is 18.8. The Morgan fingerprint density at radius 2 is 2.07 bits per heavy atom. The second kappa shape index (κ2) is 9.25. The van der Waals surface area contributed by atoms with Gasteiger partial charge in [0.15, 0.2) is 0 Å². The van der Waals surface area contributed by atoms with E-state index in [4.69, 9.17) is 4.74 Å². The van der Waals surface area contributed by atoms with E-state index < -0.39 is 0 Å². The molecule has 1 aliphatic rings. The molecular formula is C18H27ClN6O2. The number of ether oxygens (including phenoxy) is 1. The summed E-state index contributed by atoms with van der Waals surface area (Å²) < 4.78 is 7.13. The van der Waals surface area contributed by atoms with Crippen molar-refractivity contribution >= 4 is 18.3 Å². The van der Waals surface area contributed by atoms with Gasteiger partial charge in [0.25, 0.3) is 5.91 Å². The molecule has 1 aliphatic carbocycles. The van der Waals surface area contributed by atoms with Crippen molar-refractivity contribution in [1.29, 1.82) is 0 Å². The fourth-order valence-electron chi connectivity index (χ4n) is 3.19. The van der Waals surface area contributed by atoms with Crippen LogP contribution in [-0.4, -0.2) is 57.8 Å². The summed E-state index contributed by atoms with van der Waals surface area (Å²) in [5, 5.41) is 11.7. The number of pyridine rings is 1. The molecule has 2 heterocycles. The first-order valence-corrected chi connectivity index (χ1v) is 8.76. The molecule has 3 rings (SSSR count). The molecule has 0 unspecified atom stereocenters. The van der Waals surface area contributed by atoms with Crippen LogP contribution in [0.5, 0.6) is 0 Å². The van der Waals surface area contributed by atoms with Gasteiger partial charge in [0, 0.05) is 26.1 Å². The molecule has 2 aromatic rings. The SMILES string of the molecule is COCc1cccc(C(=O)NC2CC(c3nnc(CN(C)C)n3C)C2)n1.Cl. The minimum absolute atomic E-state index is 0. The van der Waals surface area contributed by atoms with Crippen LogP contribution in [0.2, 0.25) is 0 Å². The molecule has 2 aromatic heterocycles. The highest BCUT2D eigenvalue weighted by Gasteiger charge is 2.35. The van der Waals surface area contributed by atoms with Gasteiger partial charge in [-0.2, -0.15) is 0 Å². The summed E-state index contributed by atoms with van der Waals surface area (Å²) in [6, 6.07) is 5.54. The Morgan fingerprint density at radius 1 is 1.33 bits per heavy atom. The Bertz CT molecular complexity index is 773. The van der Waals surface area contributed by atoms with Crippen molar-refractivity contribution in [2.45, 2.75) is 38.0 Å². The summed E-state index contributed by atoms with van der Waals surface area (Å²) in [5.41, 5.74) is 1.18. The van der Waals surface area contributed by atoms with Crippen LogP contribution in [-0.2, 0) is 24.9 Å². The van der Waals surface area contributed by atoms with Crippen molar-refractivity contribution in [3.05, 3.63) is 41.2 Å². The quantitative estimate of drug-likeness (QED) is 0.766. The second-order valence-corrected chi connectivity index (χ2v) is 7.06. The molecule has 0 radical (unpaired) electrons. The van der Waals surface area contributed by atoms with Gasteiger partial charge in [-0.3, -0.25) is 4.79 Å². The van der Waals surface area contributed by atoms with Crippen molar-refractivity contribution in [2.75, 3.05) is 21.2 Å². The topological polar surface area (TPSA) is 85.2 Å². The van der Waals surface area contributed by atoms with Crippen LogP contribution in [0, 0.1) is 0 Å². The van der Waals surface area contributed by atoms with Gasteiger partial charge in [0.2, 0.25) is 0 Å². The van der Waals surface area contributed by atoms with E-state index in [-0.39, 0.29) is 24.4 Å². The van der Waals surface area contributed by atoms with Gasteiger partial charge in [-0.15, -0.1) is 22.6 Å². The van der Waals surface area contributed by atoms with Crippen LogP contribution < -0.4 is 5.32 Å². The van der Waals surface area contributed by atoms with Gasteiger partial charge in [0.05, 0.1) is 18.8 Å². The monoisotopic (exact) mass is 394 g/mol. The smallest absolute Gasteiger partial charge is 0.270 e. The Labute approximate surface area is 165 Å². The molecule has 1 fully saturated rings. The molecule has 1 N–H and O–H groups in total. The number of hydrogen-bond acceptors (Lipinski definition) is 6. The second-order valence-electron chi connectivity index (χ2n) is 7.06. The predicted molar refractivity (Wildman–Crippen MR) is 104 cm³/mol. The third kappa shape index (κ3) is 5.03. The molecule has 9 heteroatoms. The number of carbonyl (C=O) groups is 1. The minimum atomic E-state index is -0.141. The molecule has 148 valence electrons. The molecule has 1 amide bonds. The largest absolute Gasteiger partial charge is 0.378 e. The molecule has 0 saturated heterocycles. The van der Waals surface area contributed by atoms with Crippen LogP contribution in [0.3, 0.4) is 0 Å². The lowest BCUT2D eigenvalue weighted by Crippen LogP contribution is -2.44. The van der Waals surface area contributed by atoms with Gasteiger partial charge < -0.3 is 19.5 Å². The van der Waals surface area contributed by atoms with E-state index in [1.807, 2.05) is 33.3 Å². The minimum Gasteiger partial charge on any atom is -0.378 e. The van der Waals surface area contributed by atoms with Crippen molar-refractivity contribution < 1.29 is 9.53 Å².